The van der Waals surface area contributed by atoms with Crippen LogP contribution in [-0.2, 0) is 96.7 Å². The first kappa shape index (κ1) is 103. The number of aryl methyl sites for hydroxylation is 3. The van der Waals surface area contributed by atoms with Crippen LogP contribution in [0.3, 0.4) is 0 Å². The zero-order valence-electron chi connectivity index (χ0n) is 59.1. The van der Waals surface area contributed by atoms with Crippen molar-refractivity contribution < 1.29 is 48.7 Å². The number of hydrogen-bond donors (Lipinski definition) is 6. The fourth-order valence-electron chi connectivity index (χ4n) is 14.4. The molecule has 3 aromatic carbocycles. The molecule has 22 nitrogen and oxygen atoms in total. The number of imidazole rings is 3. The number of aromatic carboxylic acids is 1. The highest BCUT2D eigenvalue weighted by Gasteiger charge is 2.43. The number of carbonyl (C=O) groups is 3. The van der Waals surface area contributed by atoms with Gasteiger partial charge in [-0.2, -0.15) is 81.0 Å². The lowest BCUT2D eigenvalue weighted by atomic mass is 9.99. The molecule has 106 heavy (non-hydrogen) atoms. The molecule has 9 atom stereocenters. The molecule has 0 radical (unpaired) electrons. The molecule has 2 fully saturated rings. The first-order valence-electron chi connectivity index (χ1n) is 34.2. The third-order valence-electron chi connectivity index (χ3n) is 19.5. The molecule has 6 aromatic rings. The van der Waals surface area contributed by atoms with E-state index in [2.05, 4.69) is 126 Å². The van der Waals surface area contributed by atoms with Crippen molar-refractivity contribution in [1.82, 2.24) is 54.0 Å². The monoisotopic (exact) mass is 1590 g/mol. The smallest absolute Gasteiger partial charge is 0.356 e. The molecule has 7 N–H and O–H groups in total. The van der Waals surface area contributed by atoms with Crippen molar-refractivity contribution in [3.63, 3.8) is 0 Å². The van der Waals surface area contributed by atoms with Crippen LogP contribution in [0.1, 0.15) is 195 Å². The number of aliphatic hydroxyl groups excluding tert-OH is 2. The van der Waals surface area contributed by atoms with E-state index in [1.54, 1.807) is 12.4 Å². The lowest BCUT2D eigenvalue weighted by molar-refractivity contribution is -0.147. The zero-order valence-corrected chi connectivity index (χ0v) is 65.1. The lowest BCUT2D eigenvalue weighted by Crippen LogP contribution is -2.46. The van der Waals surface area contributed by atoms with Gasteiger partial charge in [-0.3, -0.25) is 24.3 Å². The van der Waals surface area contributed by atoms with E-state index in [0.717, 1.165) is 147 Å². The number of rotatable bonds is 15. The maximum atomic E-state index is 12.8. The summed E-state index contributed by atoms with van der Waals surface area (Å²) >= 11 is 0. The second kappa shape index (κ2) is 46.9. The molecule has 14 rings (SSSR count). The third-order valence-corrected chi connectivity index (χ3v) is 19.5. The Balaban J connectivity index is 0. The minimum Gasteiger partial charge on any atom is -0.476 e. The van der Waals surface area contributed by atoms with Crippen molar-refractivity contribution >= 4 is 98.8 Å². The maximum Gasteiger partial charge on any atom is 0.356 e. The summed E-state index contributed by atoms with van der Waals surface area (Å²) in [4.78, 5) is 55.9. The molecule has 0 aliphatic carbocycles. The van der Waals surface area contributed by atoms with Crippen LogP contribution in [0.2, 0.25) is 0 Å². The maximum absolute atomic E-state index is 12.8. The Labute approximate surface area is 676 Å². The predicted octanol–water partition coefficient (Wildman–Crippen LogP) is 10.9. The molecule has 0 bridgehead atoms. The number of carboxylic acid groups (broad SMARTS) is 1. The molecule has 2 saturated heterocycles. The molecule has 8 aliphatic rings. The van der Waals surface area contributed by atoms with Gasteiger partial charge in [-0.25, -0.2) is 19.7 Å². The SMILES string of the molecule is C.C.C.C.C.C.CC1(C)O[C@@H](CN)[C@H](CN2CCc3ccccc3C2)O1.CC1CCc2nc(C(=O)NC[C@@H]3OC(C)(C)O[C@H]3CN3CCc4ccccc4C3)cn2C1.CC1CCc2nc(C(=O)NC[C@H](O)[C@@H](O)CN3CCc4ccccc4C3)cn2C1.CC1CCc2nc(C(=O)O)cn2C1.S.S.S.S.S.S. The van der Waals surface area contributed by atoms with Crippen LogP contribution in [0.15, 0.2) is 91.4 Å². The first-order valence-corrected chi connectivity index (χ1v) is 34.2. The van der Waals surface area contributed by atoms with E-state index in [-0.39, 0.29) is 174 Å². The zero-order chi connectivity index (χ0) is 66.3. The Hall–Kier alpha value is -4.60. The summed E-state index contributed by atoms with van der Waals surface area (Å²) in [5.41, 5.74) is 15.2. The van der Waals surface area contributed by atoms with Crippen LogP contribution in [-0.4, -0.2) is 184 Å². The number of aliphatic hydroxyl groups is 2. The van der Waals surface area contributed by atoms with Crippen molar-refractivity contribution in [2.45, 2.75) is 238 Å². The number of aromatic nitrogens is 6. The van der Waals surface area contributed by atoms with Crippen molar-refractivity contribution in [3.05, 3.63) is 159 Å². The van der Waals surface area contributed by atoms with Crippen molar-refractivity contribution in [3.8, 4) is 0 Å². The average molecular weight is 1590 g/mol. The van der Waals surface area contributed by atoms with E-state index in [1.807, 2.05) is 55.2 Å². The summed E-state index contributed by atoms with van der Waals surface area (Å²) in [6.45, 7) is 25.7. The number of nitrogens with zero attached hydrogens (tertiary/aromatic N) is 9. The Bertz CT molecular complexity index is 3580. The second-order valence-corrected chi connectivity index (χ2v) is 28.3. The number of carbonyl (C=O) groups excluding carboxylic acids is 2. The summed E-state index contributed by atoms with van der Waals surface area (Å²) in [5, 5.41) is 35.2. The van der Waals surface area contributed by atoms with Crippen LogP contribution in [0.4, 0.5) is 0 Å². The highest BCUT2D eigenvalue weighted by molar-refractivity contribution is 7.60. The van der Waals surface area contributed by atoms with Gasteiger partial charge in [0.1, 0.15) is 53.3 Å². The second-order valence-electron chi connectivity index (χ2n) is 28.3. The Morgan fingerprint density at radius 1 is 0.481 bits per heavy atom. The Morgan fingerprint density at radius 2 is 0.811 bits per heavy atom. The number of ether oxygens (including phenoxy) is 4. The minimum absolute atomic E-state index is 0. The largest absolute Gasteiger partial charge is 0.476 e. The Morgan fingerprint density at radius 3 is 1.21 bits per heavy atom. The summed E-state index contributed by atoms with van der Waals surface area (Å²) in [6.07, 6.45) is 12.3. The molecule has 8 aliphatic heterocycles. The molecule has 11 heterocycles. The van der Waals surface area contributed by atoms with Crippen molar-refractivity contribution in [2.24, 2.45) is 23.5 Å². The van der Waals surface area contributed by atoms with Gasteiger partial charge < -0.3 is 64.3 Å². The van der Waals surface area contributed by atoms with E-state index in [1.165, 1.54) is 33.4 Å². The molecular weight excluding hydrogens is 1460 g/mol. The van der Waals surface area contributed by atoms with Crippen LogP contribution in [0.5, 0.6) is 0 Å². The summed E-state index contributed by atoms with van der Waals surface area (Å²) in [6, 6.07) is 25.7. The van der Waals surface area contributed by atoms with Crippen molar-refractivity contribution in [1.29, 1.82) is 0 Å². The standard InChI is InChI=1S/C25H34N4O3.C22H30N4O3.C16H24N2O2.C9H12N2O2.6CH4.6H2S/c1-17-8-9-23-27-20(15-29(23)13-17)24(30)26-12-21-22(32-25(2,3)31-21)16-28-11-10-18-6-4-5-7-19(18)14-28;1-15-6-7-21-24-18(13-26(21)11-15)22(29)23-10-19(27)20(28)14-25-9-8-16-4-2-3-5-17(16)12-25;1-16(2)19-14(9-17)15(20-16)11-18-8-7-12-5-3-4-6-13(12)10-18;1-6-2-3-8-10-7(9(12)13)5-11(8)4-6;;;;;;;;;;;;/h4-7,15,17,21-22H,8-14,16H2,1-3H3,(H,26,30);2-5,13,15,19-20,27-28H,6-12,14H2,1H3,(H,23,29);3-6,14-15H,7-11,17H2,1-2H3;5-6H,2-4H2,1H3,(H,12,13);6*1H4;6*1H2/t17?,21-,22-;15?,19-,20-;14-,15-;;;;;;;;;;;;;/m000............./s1. The molecule has 0 saturated carbocycles. The molecule has 3 aromatic heterocycles. The molecule has 3 unspecified atom stereocenters. The quantitative estimate of drug-likeness (QED) is 0.0558. The molecule has 0 spiro atoms. The van der Waals surface area contributed by atoms with Crippen LogP contribution >= 0.6 is 81.0 Å². The number of fused-ring (bicyclic) bond motifs is 6. The molecule has 28 heteroatoms. The number of benzene rings is 3. The number of nitrogens with two attached hydrogens (primary N) is 1. The first-order chi connectivity index (χ1) is 45.1. The van der Waals surface area contributed by atoms with E-state index >= 15 is 0 Å². The predicted molar refractivity (Wildman–Crippen MR) is 458 cm³/mol. The fraction of sp³-hybridized carbons (Fsp3) is 0.615. The summed E-state index contributed by atoms with van der Waals surface area (Å²) in [7, 11) is 0. The fourth-order valence-corrected chi connectivity index (χ4v) is 14.4. The number of nitrogens with one attached hydrogen (secondary N) is 2. The van der Waals surface area contributed by atoms with Gasteiger partial charge in [-0.1, -0.05) is 138 Å². The van der Waals surface area contributed by atoms with Crippen LogP contribution < -0.4 is 16.4 Å². The van der Waals surface area contributed by atoms with Crippen LogP contribution in [0.25, 0.3) is 0 Å². The average Bonchev–Trinajstić information content (AvgIpc) is 1.64. The number of β-amino-alcohol motifs (C(OH)–C–C–N with tert-alkyl or cyclic N) is 1. The molecular formula is C78H136N12O10S6. The van der Waals surface area contributed by atoms with E-state index in [9.17, 15) is 24.6 Å². The van der Waals surface area contributed by atoms with Gasteiger partial charge in [0.15, 0.2) is 17.3 Å². The Kier molecular flexibility index (Phi) is 45.8. The van der Waals surface area contributed by atoms with Gasteiger partial charge in [0.05, 0.1) is 12.2 Å². The number of amides is 2. The normalized spacial score (nSPS) is 22.1. The van der Waals surface area contributed by atoms with Gasteiger partial charge in [0.2, 0.25) is 0 Å². The van der Waals surface area contributed by atoms with E-state index in [4.69, 9.17) is 29.8 Å². The molecule has 2 amide bonds. The van der Waals surface area contributed by atoms with Gasteiger partial charge in [0.25, 0.3) is 11.8 Å². The number of hydrogen-bond acceptors (Lipinski definition) is 16. The topological polar surface area (TPSA) is 262 Å². The van der Waals surface area contributed by atoms with Gasteiger partial charge >= 0.3 is 5.97 Å². The van der Waals surface area contributed by atoms with Crippen molar-refractivity contribution in [2.75, 3.05) is 58.9 Å². The summed E-state index contributed by atoms with van der Waals surface area (Å²) < 4.78 is 30.4. The summed E-state index contributed by atoms with van der Waals surface area (Å²) in [5.74, 6) is 2.16. The van der Waals surface area contributed by atoms with Gasteiger partial charge in [-0.05, 0) is 117 Å². The van der Waals surface area contributed by atoms with Gasteiger partial charge in [-0.15, -0.1) is 0 Å². The lowest BCUT2D eigenvalue weighted by Gasteiger charge is -2.31. The number of carboxylic acids is 1. The molecule has 604 valence electrons. The van der Waals surface area contributed by atoms with E-state index < -0.39 is 29.8 Å². The minimum atomic E-state index is -1.02. The van der Waals surface area contributed by atoms with E-state index in [0.29, 0.717) is 48.8 Å². The third kappa shape index (κ3) is 27.7. The highest BCUT2D eigenvalue weighted by atomic mass is 32.1. The highest BCUT2D eigenvalue weighted by Crippen LogP contribution is 2.32. The van der Waals surface area contributed by atoms with Crippen LogP contribution in [0, 0.1) is 17.8 Å². The van der Waals surface area contributed by atoms with Gasteiger partial charge in [0, 0.05) is 136 Å².